The monoisotopic (exact) mass is 469 g/mol. The second-order valence-corrected chi connectivity index (χ2v) is 8.15. The van der Waals surface area contributed by atoms with Crippen LogP contribution in [0.25, 0.3) is 11.0 Å². The summed E-state index contributed by atoms with van der Waals surface area (Å²) in [4.78, 5) is 39.5. The molecule has 1 aliphatic rings. The van der Waals surface area contributed by atoms with Gasteiger partial charge < -0.3 is 14.5 Å². The number of hydrogen-bond acceptors (Lipinski definition) is 8. The number of ether oxygens (including phenoxy) is 1. The average Bonchev–Trinajstić information content (AvgIpc) is 3.21. The van der Waals surface area contributed by atoms with Gasteiger partial charge in [0.15, 0.2) is 5.65 Å². The number of nitrogens with zero attached hydrogens (tertiary/aromatic N) is 7. The number of benzene rings is 1. The van der Waals surface area contributed by atoms with Gasteiger partial charge in [0.1, 0.15) is 18.0 Å². The molecule has 1 aliphatic heterocycles. The molecule has 34 heavy (non-hydrogen) atoms. The van der Waals surface area contributed by atoms with Gasteiger partial charge in [-0.3, -0.25) is 19.2 Å². The third-order valence-electron chi connectivity index (χ3n) is 5.78. The Bertz CT molecular complexity index is 1140. The summed E-state index contributed by atoms with van der Waals surface area (Å²) in [5, 5.41) is 5.14. The van der Waals surface area contributed by atoms with Crippen molar-refractivity contribution in [3.63, 3.8) is 0 Å². The molecule has 1 amide bonds. The fraction of sp³-hybridized carbons (Fsp3) is 0.435. The van der Waals surface area contributed by atoms with E-state index in [9.17, 15) is 14.0 Å². The Morgan fingerprint density at radius 1 is 1.09 bits per heavy atom. The fourth-order valence-electron chi connectivity index (χ4n) is 4.07. The van der Waals surface area contributed by atoms with E-state index in [4.69, 9.17) is 4.74 Å². The molecule has 0 spiro atoms. The molecule has 3 aromatic rings. The predicted octanol–water partition coefficient (Wildman–Crippen LogP) is 1.22. The number of rotatable bonds is 8. The summed E-state index contributed by atoms with van der Waals surface area (Å²) in [5.41, 5.74) is 1.58. The highest BCUT2D eigenvalue weighted by molar-refractivity contribution is 5.87. The molecule has 0 unspecified atom stereocenters. The molecule has 10 nitrogen and oxygen atoms in total. The Hall–Kier alpha value is -3.60. The fourth-order valence-corrected chi connectivity index (χ4v) is 4.07. The number of aryl methyl sites for hydroxylation is 1. The minimum Gasteiger partial charge on any atom is -0.465 e. The summed E-state index contributed by atoms with van der Waals surface area (Å²) in [6.07, 6.45) is 3.28. The van der Waals surface area contributed by atoms with Crippen molar-refractivity contribution in [3.8, 4) is 0 Å². The topological polar surface area (TPSA) is 96.7 Å². The Morgan fingerprint density at radius 2 is 1.82 bits per heavy atom. The van der Waals surface area contributed by atoms with Crippen LogP contribution in [0.4, 0.5) is 10.2 Å². The number of amides is 1. The van der Waals surface area contributed by atoms with Crippen LogP contribution in [-0.4, -0.2) is 87.3 Å². The van der Waals surface area contributed by atoms with E-state index in [2.05, 4.69) is 20.0 Å². The van der Waals surface area contributed by atoms with E-state index in [-0.39, 0.29) is 31.4 Å². The highest BCUT2D eigenvalue weighted by Crippen LogP contribution is 2.23. The molecule has 0 aliphatic carbocycles. The van der Waals surface area contributed by atoms with Gasteiger partial charge >= 0.3 is 5.97 Å². The van der Waals surface area contributed by atoms with Crippen molar-refractivity contribution >= 4 is 28.7 Å². The Labute approximate surface area is 196 Å². The molecule has 11 heteroatoms. The van der Waals surface area contributed by atoms with E-state index < -0.39 is 5.97 Å². The van der Waals surface area contributed by atoms with E-state index in [1.165, 1.54) is 18.5 Å². The van der Waals surface area contributed by atoms with Crippen molar-refractivity contribution in [2.75, 3.05) is 50.8 Å². The molecule has 1 saturated heterocycles. The minimum absolute atomic E-state index is 0.0170. The molecule has 2 aromatic heterocycles. The zero-order valence-corrected chi connectivity index (χ0v) is 19.4. The number of carbonyl (C=O) groups is 2. The van der Waals surface area contributed by atoms with Crippen molar-refractivity contribution in [1.29, 1.82) is 0 Å². The van der Waals surface area contributed by atoms with Gasteiger partial charge in [0.25, 0.3) is 0 Å². The summed E-state index contributed by atoms with van der Waals surface area (Å²) in [5.74, 6) is 0.0130. The maximum atomic E-state index is 13.3. The number of piperazine rings is 1. The lowest BCUT2D eigenvalue weighted by Gasteiger charge is -2.36. The molecule has 0 radical (unpaired) electrons. The number of aromatic nitrogens is 4. The zero-order valence-electron chi connectivity index (χ0n) is 19.4. The number of carbonyl (C=O) groups excluding carboxylic acids is 2. The lowest BCUT2D eigenvalue weighted by Crippen LogP contribution is -2.51. The van der Waals surface area contributed by atoms with Crippen LogP contribution in [0.15, 0.2) is 36.8 Å². The molecule has 180 valence electrons. The Balaban J connectivity index is 1.38. The van der Waals surface area contributed by atoms with Gasteiger partial charge in [0.2, 0.25) is 5.91 Å². The standard InChI is InChI=1S/C23H28FN7O3/c1-3-34-21(33)15-29(13-17-4-6-18(24)7-5-17)14-20(32)30-8-10-31(11-9-30)23-19-12-27-28(2)22(19)25-16-26-23/h4-7,12,16H,3,8-11,13-15H2,1-2H3. The first-order valence-corrected chi connectivity index (χ1v) is 11.2. The summed E-state index contributed by atoms with van der Waals surface area (Å²) in [7, 11) is 1.84. The third-order valence-corrected chi connectivity index (χ3v) is 5.78. The first kappa shape index (κ1) is 23.6. The van der Waals surface area contributed by atoms with Gasteiger partial charge in [-0.05, 0) is 24.6 Å². The van der Waals surface area contributed by atoms with Crippen molar-refractivity contribution < 1.29 is 18.7 Å². The predicted molar refractivity (Wildman–Crippen MR) is 123 cm³/mol. The summed E-state index contributed by atoms with van der Waals surface area (Å²) in [6, 6.07) is 6.03. The lowest BCUT2D eigenvalue weighted by atomic mass is 10.2. The maximum Gasteiger partial charge on any atom is 0.320 e. The molecule has 1 aromatic carbocycles. The van der Waals surface area contributed by atoms with Gasteiger partial charge in [0.05, 0.1) is 31.3 Å². The smallest absolute Gasteiger partial charge is 0.320 e. The highest BCUT2D eigenvalue weighted by Gasteiger charge is 2.26. The lowest BCUT2D eigenvalue weighted by molar-refractivity contribution is -0.145. The second kappa shape index (κ2) is 10.6. The molecule has 0 atom stereocenters. The van der Waals surface area contributed by atoms with Crippen LogP contribution < -0.4 is 4.90 Å². The summed E-state index contributed by atoms with van der Waals surface area (Å²) in [6.45, 7) is 4.72. The second-order valence-electron chi connectivity index (χ2n) is 8.15. The van der Waals surface area contributed by atoms with Gasteiger partial charge in [-0.1, -0.05) is 12.1 Å². The van der Waals surface area contributed by atoms with Crippen molar-refractivity contribution in [2.24, 2.45) is 7.05 Å². The number of anilines is 1. The molecular weight excluding hydrogens is 441 g/mol. The SMILES string of the molecule is CCOC(=O)CN(CC(=O)N1CCN(c2ncnc3c2cnn3C)CC1)Cc1ccc(F)cc1. The molecule has 3 heterocycles. The first-order valence-electron chi connectivity index (χ1n) is 11.2. The Morgan fingerprint density at radius 3 is 2.53 bits per heavy atom. The number of hydrogen-bond donors (Lipinski definition) is 0. The van der Waals surface area contributed by atoms with E-state index in [1.54, 1.807) is 39.7 Å². The van der Waals surface area contributed by atoms with E-state index in [1.807, 2.05) is 7.05 Å². The van der Waals surface area contributed by atoms with Crippen LogP contribution in [0.5, 0.6) is 0 Å². The molecule has 0 N–H and O–H groups in total. The van der Waals surface area contributed by atoms with E-state index >= 15 is 0 Å². The maximum absolute atomic E-state index is 13.3. The molecule has 0 bridgehead atoms. The number of esters is 1. The molecule has 1 fully saturated rings. The first-order chi connectivity index (χ1) is 16.4. The van der Waals surface area contributed by atoms with Crippen LogP contribution in [-0.2, 0) is 27.9 Å². The zero-order chi connectivity index (χ0) is 24.1. The van der Waals surface area contributed by atoms with E-state index in [0.29, 0.717) is 32.7 Å². The Kier molecular flexibility index (Phi) is 7.31. The summed E-state index contributed by atoms with van der Waals surface area (Å²) >= 11 is 0. The quantitative estimate of drug-likeness (QED) is 0.455. The van der Waals surface area contributed by atoms with Crippen LogP contribution in [0, 0.1) is 5.82 Å². The van der Waals surface area contributed by atoms with E-state index in [0.717, 1.165) is 22.4 Å². The summed E-state index contributed by atoms with van der Waals surface area (Å²) < 4.78 is 20.0. The number of fused-ring (bicyclic) bond motifs is 1. The van der Waals surface area contributed by atoms with Gasteiger partial charge in [-0.15, -0.1) is 0 Å². The normalized spacial score (nSPS) is 14.1. The third kappa shape index (κ3) is 5.48. The van der Waals surface area contributed by atoms with Crippen molar-refractivity contribution in [1.82, 2.24) is 29.5 Å². The van der Waals surface area contributed by atoms with Crippen LogP contribution >= 0.6 is 0 Å². The van der Waals surface area contributed by atoms with Gasteiger partial charge in [-0.25, -0.2) is 14.4 Å². The van der Waals surface area contributed by atoms with Gasteiger partial charge in [-0.2, -0.15) is 5.10 Å². The molecule has 4 rings (SSSR count). The van der Waals surface area contributed by atoms with Gasteiger partial charge in [0, 0.05) is 39.8 Å². The minimum atomic E-state index is -0.397. The van der Waals surface area contributed by atoms with Crippen LogP contribution in [0.2, 0.25) is 0 Å². The number of halogens is 1. The van der Waals surface area contributed by atoms with Crippen molar-refractivity contribution in [2.45, 2.75) is 13.5 Å². The largest absolute Gasteiger partial charge is 0.465 e. The highest BCUT2D eigenvalue weighted by atomic mass is 19.1. The van der Waals surface area contributed by atoms with Crippen LogP contribution in [0.3, 0.4) is 0 Å². The average molecular weight is 470 g/mol. The molecule has 0 saturated carbocycles. The van der Waals surface area contributed by atoms with Crippen LogP contribution in [0.1, 0.15) is 12.5 Å². The molecular formula is C23H28FN7O3. The van der Waals surface area contributed by atoms with Crippen molar-refractivity contribution in [3.05, 3.63) is 48.2 Å².